The van der Waals surface area contributed by atoms with Gasteiger partial charge in [-0.1, -0.05) is 12.2 Å². The molecule has 5 atom stereocenters. The number of hydrogen-bond donors (Lipinski definition) is 1. The van der Waals surface area contributed by atoms with Crippen LogP contribution in [0.25, 0.3) is 0 Å². The number of rotatable bonds is 0. The van der Waals surface area contributed by atoms with E-state index in [9.17, 15) is 9.90 Å². The molecule has 0 spiro atoms. The monoisotopic (exact) mass is 150 g/mol. The van der Waals surface area contributed by atoms with Crippen LogP contribution in [0.2, 0.25) is 0 Å². The van der Waals surface area contributed by atoms with Crippen LogP contribution in [0.4, 0.5) is 0 Å². The second kappa shape index (κ2) is 1.58. The molecule has 2 bridgehead atoms. The third kappa shape index (κ3) is 0.486. The number of Topliss-reactive ketones (excluding diaryl/α,β-unsaturated/α-hetero) is 1. The van der Waals surface area contributed by atoms with Gasteiger partial charge in [-0.3, -0.25) is 4.79 Å². The van der Waals surface area contributed by atoms with Crippen molar-refractivity contribution in [1.82, 2.24) is 0 Å². The van der Waals surface area contributed by atoms with E-state index in [0.29, 0.717) is 11.8 Å². The number of carbonyl (C=O) groups excluding carboxylic acids is 1. The molecule has 3 aliphatic carbocycles. The molecule has 58 valence electrons. The summed E-state index contributed by atoms with van der Waals surface area (Å²) in [7, 11) is 0. The Kier molecular flexibility index (Phi) is 0.856. The number of hydrogen-bond acceptors (Lipinski definition) is 2. The smallest absolute Gasteiger partial charge is 0.165 e. The first-order chi connectivity index (χ1) is 5.29. The van der Waals surface area contributed by atoms with Crippen LogP contribution in [0.1, 0.15) is 6.42 Å². The second-order valence-electron chi connectivity index (χ2n) is 3.90. The van der Waals surface area contributed by atoms with Crippen molar-refractivity contribution < 1.29 is 9.90 Å². The van der Waals surface area contributed by atoms with Gasteiger partial charge in [0.1, 0.15) is 6.10 Å². The van der Waals surface area contributed by atoms with Gasteiger partial charge in [-0.25, -0.2) is 0 Å². The topological polar surface area (TPSA) is 37.3 Å². The summed E-state index contributed by atoms with van der Waals surface area (Å²) in [6, 6.07) is 0. The predicted octanol–water partition coefficient (Wildman–Crippen LogP) is 0.368. The molecule has 0 heterocycles. The molecule has 0 radical (unpaired) electrons. The van der Waals surface area contributed by atoms with E-state index in [1.54, 1.807) is 0 Å². The highest BCUT2D eigenvalue weighted by Gasteiger charge is 2.60. The van der Waals surface area contributed by atoms with Crippen LogP contribution in [-0.2, 0) is 4.79 Å². The molecular formula is C9H10O2. The minimum absolute atomic E-state index is 0.0897. The molecule has 1 N–H and O–H groups in total. The predicted molar refractivity (Wildman–Crippen MR) is 38.7 cm³/mol. The van der Waals surface area contributed by atoms with Crippen molar-refractivity contribution in [2.45, 2.75) is 12.5 Å². The zero-order chi connectivity index (χ0) is 7.59. The summed E-state index contributed by atoms with van der Waals surface area (Å²) in [5.74, 6) is 1.56. The van der Waals surface area contributed by atoms with E-state index in [1.807, 2.05) is 0 Å². The molecule has 0 aliphatic heterocycles. The van der Waals surface area contributed by atoms with Crippen LogP contribution in [0, 0.1) is 23.7 Å². The summed E-state index contributed by atoms with van der Waals surface area (Å²) in [5, 5.41) is 9.33. The molecule has 0 amide bonds. The lowest BCUT2D eigenvalue weighted by Gasteiger charge is -2.40. The zero-order valence-electron chi connectivity index (χ0n) is 6.10. The molecule has 2 heteroatoms. The molecule has 2 saturated carbocycles. The summed E-state index contributed by atoms with van der Waals surface area (Å²) in [6.07, 6.45) is 4.80. The van der Waals surface area contributed by atoms with Crippen LogP contribution < -0.4 is 0 Å². The van der Waals surface area contributed by atoms with E-state index in [4.69, 9.17) is 0 Å². The van der Waals surface area contributed by atoms with Crippen molar-refractivity contribution in [1.29, 1.82) is 0 Å². The number of ketones is 1. The van der Waals surface area contributed by atoms with Gasteiger partial charge in [-0.2, -0.15) is 0 Å². The van der Waals surface area contributed by atoms with Gasteiger partial charge in [0, 0.05) is 11.8 Å². The number of carbonyl (C=O) groups is 1. The molecule has 0 aromatic carbocycles. The third-order valence-electron chi connectivity index (χ3n) is 3.50. The van der Waals surface area contributed by atoms with E-state index in [-0.39, 0.29) is 17.6 Å². The maximum absolute atomic E-state index is 11.1. The van der Waals surface area contributed by atoms with Crippen LogP contribution >= 0.6 is 0 Å². The maximum Gasteiger partial charge on any atom is 0.165 e. The molecule has 0 saturated heterocycles. The van der Waals surface area contributed by atoms with E-state index >= 15 is 0 Å². The van der Waals surface area contributed by atoms with Crippen LogP contribution in [0.15, 0.2) is 12.2 Å². The van der Waals surface area contributed by atoms with Crippen molar-refractivity contribution in [3.63, 3.8) is 0 Å². The highest BCUT2D eigenvalue weighted by molar-refractivity contribution is 5.93. The Bertz CT molecular complexity index is 256. The Morgan fingerprint density at radius 1 is 1.36 bits per heavy atom. The Hall–Kier alpha value is -0.630. The summed E-state index contributed by atoms with van der Waals surface area (Å²) in [6.45, 7) is 0. The largest absolute Gasteiger partial charge is 0.385 e. The second-order valence-corrected chi connectivity index (χ2v) is 3.90. The van der Waals surface area contributed by atoms with E-state index in [0.717, 1.165) is 6.42 Å². The zero-order valence-corrected chi connectivity index (χ0v) is 6.10. The van der Waals surface area contributed by atoms with Crippen LogP contribution in [-0.4, -0.2) is 17.0 Å². The molecule has 0 aromatic heterocycles. The Labute approximate surface area is 64.9 Å². The number of aliphatic hydroxyl groups excluding tert-OH is 1. The third-order valence-corrected chi connectivity index (χ3v) is 3.50. The Balaban J connectivity index is 2.01. The van der Waals surface area contributed by atoms with Gasteiger partial charge >= 0.3 is 0 Å². The van der Waals surface area contributed by atoms with E-state index in [1.165, 1.54) is 0 Å². The first-order valence-corrected chi connectivity index (χ1v) is 4.19. The highest BCUT2D eigenvalue weighted by atomic mass is 16.3. The Morgan fingerprint density at radius 3 is 2.82 bits per heavy atom. The SMILES string of the molecule is O=C1[C@@H]2[C@@H]([C@H]3C=C[C@H]2C3)[C@H]1O. The van der Waals surface area contributed by atoms with Crippen molar-refractivity contribution in [3.05, 3.63) is 12.2 Å². The molecule has 3 aliphatic rings. The summed E-state index contributed by atoms with van der Waals surface area (Å²) in [4.78, 5) is 11.1. The molecule has 0 unspecified atom stereocenters. The minimum Gasteiger partial charge on any atom is -0.385 e. The highest BCUT2D eigenvalue weighted by Crippen LogP contribution is 2.55. The fraction of sp³-hybridized carbons (Fsp3) is 0.667. The van der Waals surface area contributed by atoms with Crippen molar-refractivity contribution >= 4 is 5.78 Å². The van der Waals surface area contributed by atoms with E-state index in [2.05, 4.69) is 12.2 Å². The Morgan fingerprint density at radius 2 is 2.09 bits per heavy atom. The molecule has 3 rings (SSSR count). The summed E-state index contributed by atoms with van der Waals surface area (Å²) in [5.41, 5.74) is 0. The molecule has 2 nitrogen and oxygen atoms in total. The van der Waals surface area contributed by atoms with Gasteiger partial charge in [0.2, 0.25) is 0 Å². The quantitative estimate of drug-likeness (QED) is 0.506. The van der Waals surface area contributed by atoms with E-state index < -0.39 is 6.10 Å². The van der Waals surface area contributed by atoms with Gasteiger partial charge in [0.05, 0.1) is 0 Å². The van der Waals surface area contributed by atoms with Crippen molar-refractivity contribution in [2.24, 2.45) is 23.7 Å². The van der Waals surface area contributed by atoms with Crippen LogP contribution in [0.5, 0.6) is 0 Å². The maximum atomic E-state index is 11.1. The van der Waals surface area contributed by atoms with Gasteiger partial charge in [-0.15, -0.1) is 0 Å². The van der Waals surface area contributed by atoms with Gasteiger partial charge in [-0.05, 0) is 18.3 Å². The summed E-state index contributed by atoms with van der Waals surface area (Å²) >= 11 is 0. The molecule has 11 heavy (non-hydrogen) atoms. The van der Waals surface area contributed by atoms with Gasteiger partial charge in [0.25, 0.3) is 0 Å². The molecule has 0 aromatic rings. The average Bonchev–Trinajstić information content (AvgIpc) is 2.58. The number of allylic oxidation sites excluding steroid dienone is 2. The lowest BCUT2D eigenvalue weighted by molar-refractivity contribution is -0.153. The number of aliphatic hydroxyl groups is 1. The lowest BCUT2D eigenvalue weighted by atomic mass is 9.65. The fourth-order valence-electron chi connectivity index (χ4n) is 2.96. The van der Waals surface area contributed by atoms with Crippen molar-refractivity contribution in [3.8, 4) is 0 Å². The summed E-state index contributed by atoms with van der Waals surface area (Å²) < 4.78 is 0. The standard InChI is InChI=1S/C9H10O2/c10-8-6-4-1-2-5(3-4)7(6)9(8)11/h1-2,4-8,10H,3H2/t4-,5-,6+,7-,8+/m0/s1. The van der Waals surface area contributed by atoms with Gasteiger partial charge in [0.15, 0.2) is 5.78 Å². The first-order valence-electron chi connectivity index (χ1n) is 4.19. The normalized spacial score (nSPS) is 57.9. The van der Waals surface area contributed by atoms with Crippen LogP contribution in [0.3, 0.4) is 0 Å². The van der Waals surface area contributed by atoms with Crippen molar-refractivity contribution in [2.75, 3.05) is 0 Å². The first kappa shape index (κ1) is 5.95. The molecule has 2 fully saturated rings. The minimum atomic E-state index is -0.625. The molecular weight excluding hydrogens is 140 g/mol. The van der Waals surface area contributed by atoms with Gasteiger partial charge < -0.3 is 5.11 Å². The lowest BCUT2D eigenvalue weighted by Crippen LogP contribution is -2.53. The average molecular weight is 150 g/mol. The fourth-order valence-corrected chi connectivity index (χ4v) is 2.96. The number of fused-ring (bicyclic) bond motifs is 5.